The van der Waals surface area contributed by atoms with Crippen molar-refractivity contribution in [1.29, 1.82) is 0 Å². The van der Waals surface area contributed by atoms with Gasteiger partial charge in [-0.15, -0.1) is 20.4 Å². The quantitative estimate of drug-likeness (QED) is 0.0246. The Morgan fingerprint density at radius 2 is 0.957 bits per heavy atom. The van der Waals surface area contributed by atoms with Gasteiger partial charge >= 0.3 is 0 Å². The number of nitrogen functional groups attached to an aromatic ring is 4. The molecule has 3 fully saturated rings. The van der Waals surface area contributed by atoms with Gasteiger partial charge in [-0.05, 0) is 117 Å². The highest BCUT2D eigenvalue weighted by Crippen LogP contribution is 2.34. The molecule has 8 aromatic heterocycles. The van der Waals surface area contributed by atoms with Crippen molar-refractivity contribution in [1.82, 2.24) is 99.3 Å². The van der Waals surface area contributed by atoms with Crippen LogP contribution in [-0.2, 0) is 0 Å². The average molecular weight is 1580 g/mol. The third kappa shape index (κ3) is 21.2. The van der Waals surface area contributed by atoms with Crippen molar-refractivity contribution >= 4 is 93.5 Å². The molecule has 18 N–H and O–H groups in total. The number of anilines is 16. The van der Waals surface area contributed by atoms with Crippen LogP contribution in [0.5, 0.6) is 17.2 Å². The Balaban J connectivity index is 0.000000142. The van der Waals surface area contributed by atoms with E-state index in [4.69, 9.17) is 37.1 Å². The fourth-order valence-electron chi connectivity index (χ4n) is 12.7. The van der Waals surface area contributed by atoms with Gasteiger partial charge in [-0.3, -0.25) is 0 Å². The van der Waals surface area contributed by atoms with Gasteiger partial charge in [-0.2, -0.15) is 38.7 Å². The van der Waals surface area contributed by atoms with E-state index in [1.54, 1.807) is 42.6 Å². The normalized spacial score (nSPS) is 14.1. The Hall–Kier alpha value is -13.5. The second kappa shape index (κ2) is 38.1. The number of pyridine rings is 1. The molecule has 0 bridgehead atoms. The number of nitrogens with one attached hydrogen (secondary N) is 7. The van der Waals surface area contributed by atoms with E-state index in [0.29, 0.717) is 75.9 Å². The number of nitrogens with zero attached hydrogens (tertiary/aromatic N) is 21. The van der Waals surface area contributed by atoms with Gasteiger partial charge in [0.2, 0.25) is 47.6 Å². The maximum atomic E-state index is 14.2. The maximum absolute atomic E-state index is 14.2. The zero-order valence-electron chi connectivity index (χ0n) is 63.7. The van der Waals surface area contributed by atoms with E-state index in [0.717, 1.165) is 95.7 Å². The van der Waals surface area contributed by atoms with Gasteiger partial charge in [0, 0.05) is 99.8 Å². The fraction of sp³-hybridized carbons (Fsp3) is 0.338. The van der Waals surface area contributed by atoms with Gasteiger partial charge in [0.15, 0.2) is 23.3 Å². The number of rotatable bonds is 26. The first kappa shape index (κ1) is 81.0. The predicted octanol–water partition coefficient (Wildman–Crippen LogP) is 7.73. The molecule has 1 atom stereocenters. The number of hydrogen-bond acceptors (Lipinski definition) is 34. The van der Waals surface area contributed by atoms with Crippen molar-refractivity contribution < 1.29 is 42.7 Å². The molecule has 0 amide bonds. The summed E-state index contributed by atoms with van der Waals surface area (Å²) in [6, 6.07) is 32.0. The lowest BCUT2D eigenvalue weighted by molar-refractivity contribution is 0.203. The van der Waals surface area contributed by atoms with Crippen LogP contribution in [0.15, 0.2) is 140 Å². The summed E-state index contributed by atoms with van der Waals surface area (Å²) in [6.07, 6.45) is 12.3. The molecule has 12 aromatic rings. The van der Waals surface area contributed by atoms with E-state index in [2.05, 4.69) is 148 Å². The zero-order valence-corrected chi connectivity index (χ0v) is 63.7. The van der Waals surface area contributed by atoms with Gasteiger partial charge in [-0.1, -0.05) is 32.8 Å². The minimum absolute atomic E-state index is 0.0233. The summed E-state index contributed by atoms with van der Waals surface area (Å²) in [5.41, 5.74) is 26.2. The highest BCUT2D eigenvalue weighted by atomic mass is 19.1. The number of methoxy groups -OCH3 is 3. The molecule has 1 aliphatic carbocycles. The number of halogens is 3. The van der Waals surface area contributed by atoms with Crippen LogP contribution in [0.1, 0.15) is 58.8 Å². The molecular formula is C74H91F3N32O6. The number of piperazine rings is 1. The lowest BCUT2D eigenvalue weighted by Crippen LogP contribution is -2.43. The monoisotopic (exact) mass is 1580 g/mol. The molecule has 38 nitrogen and oxygen atoms in total. The maximum Gasteiger partial charge on any atom is 0.248 e. The largest absolute Gasteiger partial charge is 0.497 e. The molecule has 604 valence electrons. The summed E-state index contributed by atoms with van der Waals surface area (Å²) >= 11 is 0. The molecule has 3 aliphatic rings. The first-order chi connectivity index (χ1) is 55.8. The average Bonchev–Trinajstić information content (AvgIpc) is 1.71. The van der Waals surface area contributed by atoms with E-state index in [1.165, 1.54) is 101 Å². The van der Waals surface area contributed by atoms with Crippen LogP contribution in [0.25, 0.3) is 23.3 Å². The van der Waals surface area contributed by atoms with Crippen LogP contribution in [0.4, 0.5) is 107 Å². The van der Waals surface area contributed by atoms with Crippen molar-refractivity contribution in [3.05, 3.63) is 158 Å². The summed E-state index contributed by atoms with van der Waals surface area (Å²) in [4.78, 5) is 50.8. The molecule has 41 heteroatoms. The predicted molar refractivity (Wildman–Crippen MR) is 429 cm³/mol. The van der Waals surface area contributed by atoms with Crippen LogP contribution in [0, 0.1) is 29.3 Å². The Morgan fingerprint density at radius 1 is 0.504 bits per heavy atom. The number of nitrogens with two attached hydrogens (primary N) is 4. The van der Waals surface area contributed by atoms with Gasteiger partial charge in [0.05, 0.1) is 63.2 Å². The lowest BCUT2D eigenvalue weighted by Gasteiger charge is -2.31. The summed E-state index contributed by atoms with van der Waals surface area (Å²) in [7, 11) is 4.39. The number of hydrogen-bond donors (Lipinski definition) is 14. The molecule has 1 saturated carbocycles. The van der Waals surface area contributed by atoms with Gasteiger partial charge in [0.1, 0.15) is 71.1 Å². The Morgan fingerprint density at radius 3 is 1.40 bits per heavy atom. The van der Waals surface area contributed by atoms with Crippen LogP contribution in [0.2, 0.25) is 0 Å². The van der Waals surface area contributed by atoms with Crippen molar-refractivity contribution in [2.24, 2.45) is 11.8 Å². The summed E-state index contributed by atoms with van der Waals surface area (Å²) in [6.45, 7) is 10.1. The van der Waals surface area contributed by atoms with Gasteiger partial charge < -0.3 is 99.5 Å². The number of aromatic nitrogens is 19. The van der Waals surface area contributed by atoms with Crippen molar-refractivity contribution in [2.45, 2.75) is 70.4 Å². The minimum Gasteiger partial charge on any atom is -0.497 e. The summed E-state index contributed by atoms with van der Waals surface area (Å²) in [5, 5.41) is 67.3. The van der Waals surface area contributed by atoms with Crippen LogP contribution in [-0.4, -0.2) is 201 Å². The van der Waals surface area contributed by atoms with Gasteiger partial charge in [-0.25, -0.2) is 48.1 Å². The Kier molecular flexibility index (Phi) is 26.8. The third-order valence-corrected chi connectivity index (χ3v) is 18.6. The molecule has 2 saturated heterocycles. The van der Waals surface area contributed by atoms with E-state index in [1.807, 2.05) is 30.3 Å². The molecule has 10 heterocycles. The highest BCUT2D eigenvalue weighted by Gasteiger charge is 2.34. The Bertz CT molecular complexity index is 5130. The van der Waals surface area contributed by atoms with E-state index in [9.17, 15) is 28.5 Å². The number of aliphatic hydroxyl groups is 3. The van der Waals surface area contributed by atoms with Crippen molar-refractivity contribution in [2.75, 3.05) is 145 Å². The molecular weight excluding hydrogens is 1490 g/mol. The number of aliphatic hydroxyl groups excluding tert-OH is 3. The summed E-state index contributed by atoms with van der Waals surface area (Å²) < 4.78 is 63.0. The molecule has 15 rings (SSSR count). The van der Waals surface area contributed by atoms with E-state index in [-0.39, 0.29) is 84.2 Å². The Labute approximate surface area is 658 Å². The van der Waals surface area contributed by atoms with Crippen LogP contribution in [0.3, 0.4) is 0 Å². The SMILES string of the molecule is COc1ccc(Nc2nc(N)n(-c3cc(N4CCC(CO)CC4)ncn3)n2)c(F)c1.COc1ccc(Nc2nc(N)n(-c3cc(NC4(CO)CCCC4)ncn3)n2)c(F)c1.COc1ccc(Nc2nc(N)n(-c3cc(N[C@H](CO)CC(C)C)ncn3)n2)c(F)c1.Nc1nc(Nc2ccc(N3CCNCC3)cc2)nn1-c1ccccn1. The zero-order chi connectivity index (χ0) is 81.0. The van der Waals surface area contributed by atoms with Crippen molar-refractivity contribution in [3.8, 4) is 40.5 Å². The first-order valence-electron chi connectivity index (χ1n) is 36.8. The molecule has 4 aromatic carbocycles. The number of benzene rings is 4. The van der Waals surface area contributed by atoms with Gasteiger partial charge in [0.25, 0.3) is 0 Å². The minimum atomic E-state index is -0.516. The molecule has 2 aliphatic heterocycles. The molecule has 115 heavy (non-hydrogen) atoms. The number of piperidine rings is 1. The molecule has 0 unspecified atom stereocenters. The van der Waals surface area contributed by atoms with Crippen molar-refractivity contribution in [3.63, 3.8) is 0 Å². The van der Waals surface area contributed by atoms with E-state index >= 15 is 0 Å². The van der Waals surface area contributed by atoms with E-state index < -0.39 is 17.5 Å². The first-order valence-corrected chi connectivity index (χ1v) is 36.8. The van der Waals surface area contributed by atoms with Crippen LogP contribution >= 0.6 is 0 Å². The second-order valence-corrected chi connectivity index (χ2v) is 27.1. The fourth-order valence-corrected chi connectivity index (χ4v) is 12.7. The number of ether oxygens (including phenoxy) is 3. The topological polar surface area (TPSA) is 496 Å². The summed E-state index contributed by atoms with van der Waals surface area (Å²) in [5.74, 6) is 5.47. The van der Waals surface area contributed by atoms with Crippen LogP contribution < -0.4 is 84.2 Å². The standard InChI is InChI=1S/2C19H23FN8O2.C19H25FN8O2.C17H20N8/c1-30-13-2-3-15(14(20)8-13)24-19-25-18(21)28(26-19)17-9-16(22-11-23-17)27-6-4-12(10-29)5-7-27;1-30-12-4-5-14(13(20)8-12)24-18-25-17(21)28(27-18)16-9-15(22-11-23-16)26-19(10-29)6-2-3-7-19;1-11(2)6-12(9-29)24-16-8-17(23-10-22-16)28-18(21)26-19(27-28)25-15-5-4-13(30-3)7-14(15)20;18-16-22-17(23-25(16)15-3-1-2-8-20-15)21-13-4-6-14(7-5-13)24-11-9-19-10-12-24/h2-3,8-9,11-12,29H,4-7,10H2,1H3,(H3,21,24,25,26);4-5,8-9,11,29H,2-3,6-7,10H2,1H3,(H,22,23,26)(H3,21,24,25,27);4-5,7-8,10-12,29H,6,9H2,1-3H3,(H,22,23,24)(H3,21,25,26,27);1-8,19H,9-12H2,(H3,18,21,22,23)/t;;12-;/m..0./s1. The lowest BCUT2D eigenvalue weighted by atomic mass is 9.98. The molecule has 0 spiro atoms. The second-order valence-electron chi connectivity index (χ2n) is 27.1. The smallest absolute Gasteiger partial charge is 0.248 e. The molecule has 0 radical (unpaired) electrons. The highest BCUT2D eigenvalue weighted by molar-refractivity contribution is 5.63. The third-order valence-electron chi connectivity index (χ3n) is 18.6.